The predicted octanol–water partition coefficient (Wildman–Crippen LogP) is 3.91. The molecule has 2 aliphatic rings. The van der Waals surface area contributed by atoms with E-state index in [-0.39, 0.29) is 16.9 Å². The monoisotopic (exact) mass is 596 g/mol. The van der Waals surface area contributed by atoms with Crippen LogP contribution < -0.4 is 15.4 Å². The van der Waals surface area contributed by atoms with E-state index < -0.39 is 17.8 Å². The number of nitrogens with zero attached hydrogens (tertiary/aromatic N) is 4. The average Bonchev–Trinajstić information content (AvgIpc) is 3.43. The number of carbonyl (C=O) groups excluding carboxylic acids is 3. The fraction of sp³-hybridized carbons (Fsp3) is 0.345. The fourth-order valence-corrected chi connectivity index (χ4v) is 5.04. The Morgan fingerprint density at radius 3 is 2.71 bits per heavy atom. The molecule has 11 nitrogen and oxygen atoms in total. The number of benzene rings is 2. The van der Waals surface area contributed by atoms with E-state index in [4.69, 9.17) is 21.1 Å². The van der Waals surface area contributed by atoms with E-state index in [1.165, 1.54) is 24.5 Å². The summed E-state index contributed by atoms with van der Waals surface area (Å²) in [6.45, 7) is 7.26. The first-order valence-corrected chi connectivity index (χ1v) is 14.0. The minimum atomic E-state index is -0.645. The van der Waals surface area contributed by atoms with E-state index >= 15 is 0 Å². The lowest BCUT2D eigenvalue weighted by atomic mass is 10.1. The topological polar surface area (TPSA) is 126 Å². The molecule has 2 aromatic carbocycles. The molecule has 5 rings (SSSR count). The van der Waals surface area contributed by atoms with Crippen molar-refractivity contribution in [3.63, 3.8) is 0 Å². The number of aromatic nitrogens is 2. The summed E-state index contributed by atoms with van der Waals surface area (Å²) in [5.41, 5.74) is 1.52. The molecule has 2 saturated heterocycles. The standard InChI is InChI=1S/C29H30ClFN6O5/c1-2-26(38)35-23-15-19-22(32-17-33-28(19)34-18-4-5-21(31)20(30)14-18)16-25(23)41-13-3-8-36-9-11-37(12-10-36)29(40)24-6-7-27(39)42-24/h2,4-5,14-17,24H,1,3,6-13H2,(H,35,38)(H,32,33,34). The lowest BCUT2D eigenvalue weighted by Gasteiger charge is -2.35. The lowest BCUT2D eigenvalue weighted by Crippen LogP contribution is -2.51. The van der Waals surface area contributed by atoms with Gasteiger partial charge >= 0.3 is 5.97 Å². The molecule has 0 radical (unpaired) electrons. The highest BCUT2D eigenvalue weighted by atomic mass is 35.5. The number of amides is 2. The van der Waals surface area contributed by atoms with Gasteiger partial charge in [0.25, 0.3) is 5.91 Å². The van der Waals surface area contributed by atoms with Gasteiger partial charge in [-0.1, -0.05) is 18.2 Å². The van der Waals surface area contributed by atoms with Crippen LogP contribution >= 0.6 is 11.6 Å². The van der Waals surface area contributed by atoms with Gasteiger partial charge < -0.3 is 25.0 Å². The molecule has 1 atom stereocenters. The molecule has 13 heteroatoms. The van der Waals surface area contributed by atoms with Gasteiger partial charge in [0.2, 0.25) is 5.91 Å². The van der Waals surface area contributed by atoms with Crippen LogP contribution in [0.2, 0.25) is 5.02 Å². The number of ether oxygens (including phenoxy) is 2. The highest BCUT2D eigenvalue weighted by Crippen LogP contribution is 2.34. The molecular weight excluding hydrogens is 567 g/mol. The number of halogens is 2. The maximum Gasteiger partial charge on any atom is 0.306 e. The Labute approximate surface area is 246 Å². The van der Waals surface area contributed by atoms with Gasteiger partial charge in [-0.3, -0.25) is 19.3 Å². The number of cyclic esters (lactones) is 1. The number of esters is 1. The largest absolute Gasteiger partial charge is 0.491 e. The molecule has 1 aromatic heterocycles. The third-order valence-corrected chi connectivity index (χ3v) is 7.37. The second-order valence-electron chi connectivity index (χ2n) is 9.92. The van der Waals surface area contributed by atoms with Crippen LogP contribution in [0.5, 0.6) is 5.75 Å². The predicted molar refractivity (Wildman–Crippen MR) is 155 cm³/mol. The number of nitrogens with one attached hydrogen (secondary N) is 2. The molecular formula is C29H30ClFN6O5. The zero-order valence-electron chi connectivity index (χ0n) is 22.8. The number of hydrogen-bond acceptors (Lipinski definition) is 9. The molecule has 2 amide bonds. The number of rotatable bonds is 10. The highest BCUT2D eigenvalue weighted by molar-refractivity contribution is 6.31. The summed E-state index contributed by atoms with van der Waals surface area (Å²) < 4.78 is 24.8. The number of fused-ring (bicyclic) bond motifs is 1. The Hall–Kier alpha value is -4.29. The van der Waals surface area contributed by atoms with Gasteiger partial charge in [0.05, 0.1) is 22.8 Å². The zero-order chi connectivity index (χ0) is 29.6. The van der Waals surface area contributed by atoms with Gasteiger partial charge in [0, 0.05) is 62.7 Å². The third kappa shape index (κ3) is 6.94. The molecule has 3 aromatic rings. The van der Waals surface area contributed by atoms with Crippen LogP contribution in [0.1, 0.15) is 19.3 Å². The average molecular weight is 597 g/mol. The molecule has 2 N–H and O–H groups in total. The van der Waals surface area contributed by atoms with Crippen molar-refractivity contribution >= 4 is 57.5 Å². The van der Waals surface area contributed by atoms with Crippen LogP contribution in [0, 0.1) is 5.82 Å². The normalized spacial score (nSPS) is 17.1. The number of piperazine rings is 1. The Morgan fingerprint density at radius 2 is 2.00 bits per heavy atom. The van der Waals surface area contributed by atoms with Gasteiger partial charge in [0.1, 0.15) is 23.7 Å². The number of carbonyl (C=O) groups is 3. The summed E-state index contributed by atoms with van der Waals surface area (Å²) in [5.74, 6) is -0.490. The SMILES string of the molecule is C=CC(=O)Nc1cc2c(Nc3ccc(F)c(Cl)c3)ncnc2cc1OCCCN1CCN(C(=O)C2CCC(=O)O2)CC1. The molecule has 42 heavy (non-hydrogen) atoms. The summed E-state index contributed by atoms with van der Waals surface area (Å²) in [6.07, 6.45) is 3.37. The first-order valence-electron chi connectivity index (χ1n) is 13.6. The maximum absolute atomic E-state index is 13.6. The molecule has 2 aliphatic heterocycles. The summed E-state index contributed by atoms with van der Waals surface area (Å²) >= 11 is 5.92. The smallest absolute Gasteiger partial charge is 0.306 e. The van der Waals surface area contributed by atoms with E-state index in [1.54, 1.807) is 17.0 Å². The molecule has 0 saturated carbocycles. The van der Waals surface area contributed by atoms with E-state index in [2.05, 4.69) is 32.1 Å². The van der Waals surface area contributed by atoms with Crippen LogP contribution in [-0.4, -0.2) is 83.0 Å². The molecule has 0 bridgehead atoms. The minimum Gasteiger partial charge on any atom is -0.491 e. The highest BCUT2D eigenvalue weighted by Gasteiger charge is 2.34. The van der Waals surface area contributed by atoms with Crippen LogP contribution in [0.4, 0.5) is 21.6 Å². The minimum absolute atomic E-state index is 0.0280. The van der Waals surface area contributed by atoms with Crippen LogP contribution in [-0.2, 0) is 19.1 Å². The third-order valence-electron chi connectivity index (χ3n) is 7.08. The summed E-state index contributed by atoms with van der Waals surface area (Å²) in [4.78, 5) is 48.8. The summed E-state index contributed by atoms with van der Waals surface area (Å²) in [7, 11) is 0. The van der Waals surface area contributed by atoms with E-state index in [0.29, 0.717) is 72.8 Å². The summed E-state index contributed by atoms with van der Waals surface area (Å²) in [6, 6.07) is 7.67. The number of anilines is 3. The van der Waals surface area contributed by atoms with Crippen LogP contribution in [0.25, 0.3) is 10.9 Å². The quantitative estimate of drug-likeness (QED) is 0.203. The molecule has 3 heterocycles. The lowest BCUT2D eigenvalue weighted by molar-refractivity contribution is -0.153. The van der Waals surface area contributed by atoms with Crippen molar-refractivity contribution < 1.29 is 28.2 Å². The van der Waals surface area contributed by atoms with Crippen molar-refractivity contribution in [2.75, 3.05) is 50.0 Å². The molecule has 0 spiro atoms. The zero-order valence-corrected chi connectivity index (χ0v) is 23.5. The van der Waals surface area contributed by atoms with E-state index in [9.17, 15) is 18.8 Å². The Kier molecular flexibility index (Phi) is 9.13. The Morgan fingerprint density at radius 1 is 1.19 bits per heavy atom. The van der Waals surface area contributed by atoms with Gasteiger partial charge in [-0.25, -0.2) is 14.4 Å². The Bertz CT molecular complexity index is 1510. The maximum atomic E-state index is 13.6. The van der Waals surface area contributed by atoms with Gasteiger partial charge in [0.15, 0.2) is 6.10 Å². The fourth-order valence-electron chi connectivity index (χ4n) is 4.86. The first-order chi connectivity index (χ1) is 20.3. The van der Waals surface area contributed by atoms with E-state index in [1.807, 2.05) is 0 Å². The van der Waals surface area contributed by atoms with Gasteiger partial charge in [-0.2, -0.15) is 0 Å². The van der Waals surface area contributed by atoms with E-state index in [0.717, 1.165) is 25.7 Å². The molecule has 0 aliphatic carbocycles. The van der Waals surface area contributed by atoms with Crippen molar-refractivity contribution in [2.24, 2.45) is 0 Å². The Balaban J connectivity index is 1.21. The van der Waals surface area contributed by atoms with Crippen LogP contribution in [0.3, 0.4) is 0 Å². The molecule has 2 fully saturated rings. The first kappa shape index (κ1) is 29.2. The molecule has 220 valence electrons. The van der Waals surface area contributed by atoms with Crippen molar-refractivity contribution in [3.8, 4) is 5.75 Å². The second-order valence-corrected chi connectivity index (χ2v) is 10.3. The van der Waals surface area contributed by atoms with Crippen molar-refractivity contribution in [1.29, 1.82) is 0 Å². The van der Waals surface area contributed by atoms with Gasteiger partial charge in [-0.15, -0.1) is 0 Å². The van der Waals surface area contributed by atoms with Crippen LogP contribution in [0.15, 0.2) is 49.3 Å². The van der Waals surface area contributed by atoms with Gasteiger partial charge in [-0.05, 0) is 36.8 Å². The van der Waals surface area contributed by atoms with Crippen molar-refractivity contribution in [2.45, 2.75) is 25.4 Å². The summed E-state index contributed by atoms with van der Waals surface area (Å²) in [5, 5.41) is 6.47. The van der Waals surface area contributed by atoms with Crippen molar-refractivity contribution in [1.82, 2.24) is 19.8 Å². The second kappa shape index (κ2) is 13.1. The van der Waals surface area contributed by atoms with Crippen molar-refractivity contribution in [3.05, 3.63) is 60.2 Å². The number of hydrogen-bond donors (Lipinski definition) is 2. The molecule has 1 unspecified atom stereocenters.